The molecule has 0 aromatic heterocycles. The topological polar surface area (TPSA) is 49.3 Å². The van der Waals surface area contributed by atoms with Gasteiger partial charge >= 0.3 is 5.97 Å². The number of carbonyl (C=O) groups is 1. The number of nitrogens with one attached hydrogen (secondary N) is 1. The molecule has 2 atom stereocenters. The third-order valence-corrected chi connectivity index (χ3v) is 8.54. The molecule has 1 saturated carbocycles. The molecule has 0 bridgehead atoms. The van der Waals surface area contributed by atoms with Gasteiger partial charge in [0.2, 0.25) is 0 Å². The Kier molecular flexibility index (Phi) is 10.2. The summed E-state index contributed by atoms with van der Waals surface area (Å²) in [6.45, 7) is 10.7. The Morgan fingerprint density at radius 2 is 1.46 bits per heavy atom. The fraction of sp³-hybridized carbons (Fsp3) is 0.289. The molecule has 1 aliphatic rings. The lowest BCUT2D eigenvalue weighted by atomic mass is 9.66. The number of rotatable bonds is 8. The zero-order chi connectivity index (χ0) is 29.4. The number of hydrogen-bond acceptors (Lipinski definition) is 2. The number of carboxylic acids is 1. The molecule has 0 saturated heterocycles. The molecule has 3 nitrogen and oxygen atoms in total. The second-order valence-corrected chi connectivity index (χ2v) is 11.3. The standard InChI is InChI=1S/C25H24O2.C13H19N/c1-17-7-10-22(25(26)27)16-24(17)23-14-13-21(23)15-18-8-11-20(12-9-18)19-5-3-2-4-6-19;1-5-10(2)12(4)14-13-9-7-6-8-11(13)3/h2-12,16,21,23H,13-15H2,1H3,(H,26,27);6-9,14H,5H2,1-4H3/b;12-10+. The van der Waals surface area contributed by atoms with Crippen molar-refractivity contribution in [1.82, 2.24) is 0 Å². The van der Waals surface area contributed by atoms with Crippen LogP contribution in [0.3, 0.4) is 0 Å². The summed E-state index contributed by atoms with van der Waals surface area (Å²) in [4.78, 5) is 11.3. The molecule has 2 unspecified atom stereocenters. The minimum absolute atomic E-state index is 0.397. The molecular formula is C38H43NO2. The van der Waals surface area contributed by atoms with E-state index in [9.17, 15) is 9.90 Å². The molecule has 212 valence electrons. The van der Waals surface area contributed by atoms with E-state index in [0.29, 0.717) is 17.4 Å². The monoisotopic (exact) mass is 545 g/mol. The summed E-state index contributed by atoms with van der Waals surface area (Å²) in [7, 11) is 0. The van der Waals surface area contributed by atoms with Crippen molar-refractivity contribution in [3.8, 4) is 11.1 Å². The third-order valence-electron chi connectivity index (χ3n) is 8.54. The summed E-state index contributed by atoms with van der Waals surface area (Å²) < 4.78 is 0. The van der Waals surface area contributed by atoms with Gasteiger partial charge in [-0.15, -0.1) is 0 Å². The van der Waals surface area contributed by atoms with Gasteiger partial charge in [0.15, 0.2) is 0 Å². The molecule has 5 rings (SSSR count). The van der Waals surface area contributed by atoms with Gasteiger partial charge < -0.3 is 10.4 Å². The minimum Gasteiger partial charge on any atom is -0.478 e. The van der Waals surface area contributed by atoms with Crippen LogP contribution in [0.15, 0.2) is 108 Å². The van der Waals surface area contributed by atoms with Crippen LogP contribution in [0.5, 0.6) is 0 Å². The van der Waals surface area contributed by atoms with E-state index in [2.05, 4.69) is 113 Å². The summed E-state index contributed by atoms with van der Waals surface area (Å²) in [6, 6.07) is 33.2. The highest BCUT2D eigenvalue weighted by Gasteiger charge is 2.33. The van der Waals surface area contributed by atoms with Crippen molar-refractivity contribution in [2.75, 3.05) is 5.32 Å². The SMILES string of the molecule is CC/C(C)=C(\C)Nc1ccccc1C.Cc1ccc(C(=O)O)cc1C1CCC1Cc1ccc(-c2ccccc2)cc1. The first-order valence-electron chi connectivity index (χ1n) is 14.7. The summed E-state index contributed by atoms with van der Waals surface area (Å²) in [5.74, 6) is 0.219. The second kappa shape index (κ2) is 14.0. The van der Waals surface area contributed by atoms with Gasteiger partial charge in [0.25, 0.3) is 0 Å². The summed E-state index contributed by atoms with van der Waals surface area (Å²) in [6.07, 6.45) is 4.51. The normalized spacial score (nSPS) is 16.5. The number of aryl methyl sites for hydroxylation is 2. The highest BCUT2D eigenvalue weighted by molar-refractivity contribution is 5.88. The molecular weight excluding hydrogens is 502 g/mol. The molecule has 41 heavy (non-hydrogen) atoms. The fourth-order valence-electron chi connectivity index (χ4n) is 5.45. The van der Waals surface area contributed by atoms with Crippen molar-refractivity contribution in [3.63, 3.8) is 0 Å². The molecule has 2 N–H and O–H groups in total. The maximum atomic E-state index is 11.3. The molecule has 0 radical (unpaired) electrons. The lowest BCUT2D eigenvalue weighted by Crippen LogP contribution is -2.26. The zero-order valence-corrected chi connectivity index (χ0v) is 25.1. The predicted octanol–water partition coefficient (Wildman–Crippen LogP) is 10.2. The lowest BCUT2D eigenvalue weighted by Gasteiger charge is -2.38. The average Bonchev–Trinajstić information content (AvgIpc) is 2.98. The Balaban J connectivity index is 0.000000234. The van der Waals surface area contributed by atoms with E-state index in [0.717, 1.165) is 19.3 Å². The average molecular weight is 546 g/mol. The van der Waals surface area contributed by atoms with E-state index in [4.69, 9.17) is 0 Å². The highest BCUT2D eigenvalue weighted by atomic mass is 16.4. The zero-order valence-electron chi connectivity index (χ0n) is 25.1. The van der Waals surface area contributed by atoms with E-state index < -0.39 is 5.97 Å². The van der Waals surface area contributed by atoms with E-state index in [1.807, 2.05) is 18.2 Å². The van der Waals surface area contributed by atoms with Gasteiger partial charge in [0, 0.05) is 11.4 Å². The first kappa shape index (κ1) is 29.9. The maximum absolute atomic E-state index is 11.3. The van der Waals surface area contributed by atoms with Crippen molar-refractivity contribution in [2.45, 2.75) is 66.2 Å². The first-order valence-corrected chi connectivity index (χ1v) is 14.7. The molecule has 4 aromatic carbocycles. The summed E-state index contributed by atoms with van der Waals surface area (Å²) in [5.41, 5.74) is 11.8. The number of hydrogen-bond donors (Lipinski definition) is 2. The van der Waals surface area contributed by atoms with Gasteiger partial charge in [-0.05, 0) is 117 Å². The van der Waals surface area contributed by atoms with E-state index in [-0.39, 0.29) is 0 Å². The molecule has 0 amide bonds. The van der Waals surface area contributed by atoms with Crippen molar-refractivity contribution >= 4 is 11.7 Å². The Bertz CT molecular complexity index is 1480. The Hall–Kier alpha value is -4.11. The Morgan fingerprint density at radius 3 is 2.07 bits per heavy atom. The summed E-state index contributed by atoms with van der Waals surface area (Å²) >= 11 is 0. The largest absolute Gasteiger partial charge is 0.478 e. The van der Waals surface area contributed by atoms with Gasteiger partial charge in [0.05, 0.1) is 5.56 Å². The van der Waals surface area contributed by atoms with E-state index in [1.165, 1.54) is 56.8 Å². The number of aromatic carboxylic acids is 1. The van der Waals surface area contributed by atoms with Gasteiger partial charge in [-0.2, -0.15) is 0 Å². The van der Waals surface area contributed by atoms with Crippen molar-refractivity contribution in [3.05, 3.63) is 136 Å². The van der Waals surface area contributed by atoms with Gasteiger partial charge in [0.1, 0.15) is 0 Å². The summed E-state index contributed by atoms with van der Waals surface area (Å²) in [5, 5.41) is 12.7. The quantitative estimate of drug-likeness (QED) is 0.232. The molecule has 1 aliphatic carbocycles. The van der Waals surface area contributed by atoms with E-state index >= 15 is 0 Å². The number of anilines is 1. The number of allylic oxidation sites excluding steroid dienone is 2. The Morgan fingerprint density at radius 1 is 0.805 bits per heavy atom. The van der Waals surface area contributed by atoms with Crippen LogP contribution in [0.4, 0.5) is 5.69 Å². The number of para-hydroxylation sites is 1. The van der Waals surface area contributed by atoms with Gasteiger partial charge in [-0.1, -0.05) is 91.4 Å². The molecule has 4 aromatic rings. The molecule has 0 spiro atoms. The Labute approximate surface area is 246 Å². The van der Waals surface area contributed by atoms with Crippen molar-refractivity contribution in [1.29, 1.82) is 0 Å². The molecule has 1 fully saturated rings. The fourth-order valence-corrected chi connectivity index (χ4v) is 5.45. The van der Waals surface area contributed by atoms with Crippen LogP contribution in [0, 0.1) is 19.8 Å². The minimum atomic E-state index is -0.844. The maximum Gasteiger partial charge on any atom is 0.335 e. The predicted molar refractivity (Wildman–Crippen MR) is 173 cm³/mol. The molecule has 0 aliphatic heterocycles. The van der Waals surface area contributed by atoms with Crippen LogP contribution >= 0.6 is 0 Å². The van der Waals surface area contributed by atoms with Crippen molar-refractivity contribution in [2.24, 2.45) is 5.92 Å². The molecule has 3 heteroatoms. The van der Waals surface area contributed by atoms with Crippen LogP contribution in [0.25, 0.3) is 11.1 Å². The van der Waals surface area contributed by atoms with Crippen LogP contribution in [0.2, 0.25) is 0 Å². The van der Waals surface area contributed by atoms with Crippen LogP contribution in [-0.2, 0) is 6.42 Å². The van der Waals surface area contributed by atoms with Gasteiger partial charge in [-0.3, -0.25) is 0 Å². The number of benzene rings is 4. The second-order valence-electron chi connectivity index (χ2n) is 11.3. The van der Waals surface area contributed by atoms with Crippen molar-refractivity contribution < 1.29 is 9.90 Å². The first-order chi connectivity index (χ1) is 19.8. The van der Waals surface area contributed by atoms with E-state index in [1.54, 1.807) is 6.07 Å². The third kappa shape index (κ3) is 7.76. The number of carboxylic acid groups (broad SMARTS) is 1. The lowest BCUT2D eigenvalue weighted by molar-refractivity contribution is 0.0696. The molecule has 0 heterocycles. The van der Waals surface area contributed by atoms with Gasteiger partial charge in [-0.25, -0.2) is 4.79 Å². The smallest absolute Gasteiger partial charge is 0.335 e. The van der Waals surface area contributed by atoms with Crippen LogP contribution in [0.1, 0.15) is 78.6 Å². The highest BCUT2D eigenvalue weighted by Crippen LogP contribution is 2.45. The van der Waals surface area contributed by atoms with Crippen LogP contribution in [-0.4, -0.2) is 11.1 Å². The van der Waals surface area contributed by atoms with Crippen LogP contribution < -0.4 is 5.32 Å².